The number of nitrogens with zero attached hydrogens (tertiary/aromatic N) is 1. The minimum atomic E-state index is -3.72. The quantitative estimate of drug-likeness (QED) is 0.655. The lowest BCUT2D eigenvalue weighted by molar-refractivity contribution is -0.120. The lowest BCUT2D eigenvalue weighted by Crippen LogP contribution is -2.42. The van der Waals surface area contributed by atoms with Gasteiger partial charge in [0.05, 0.1) is 5.75 Å². The third-order valence-corrected chi connectivity index (χ3v) is 7.83. The lowest BCUT2D eigenvalue weighted by Gasteiger charge is -2.30. The smallest absolute Gasteiger partial charge is 0.227 e. The van der Waals surface area contributed by atoms with Crippen LogP contribution >= 0.6 is 23.4 Å². The number of benzene rings is 2. The van der Waals surface area contributed by atoms with E-state index in [4.69, 9.17) is 11.6 Å². The number of piperidine rings is 1. The van der Waals surface area contributed by atoms with Crippen LogP contribution in [0.4, 0.5) is 10.1 Å². The van der Waals surface area contributed by atoms with Gasteiger partial charge in [0.15, 0.2) is 0 Å². The van der Waals surface area contributed by atoms with E-state index in [1.165, 1.54) is 22.5 Å². The van der Waals surface area contributed by atoms with Gasteiger partial charge in [-0.3, -0.25) is 4.79 Å². The van der Waals surface area contributed by atoms with Gasteiger partial charge in [-0.2, -0.15) is 0 Å². The van der Waals surface area contributed by atoms with Gasteiger partial charge in [0, 0.05) is 40.2 Å². The highest BCUT2D eigenvalue weighted by atomic mass is 35.5. The van der Waals surface area contributed by atoms with Gasteiger partial charge in [-0.25, -0.2) is 17.1 Å². The van der Waals surface area contributed by atoms with Gasteiger partial charge in [0.1, 0.15) is 5.82 Å². The standard InChI is InChI=1S/C20H22ClFN2O3S2/c1-28-16-5-2-4-15(12-16)23-20(25)14-8-10-24(11-9-14)29(26,27)13-17-18(21)6-3-7-19(17)22/h2-7,12,14H,8-11,13H2,1H3,(H,23,25). The molecular weight excluding hydrogens is 435 g/mol. The molecule has 1 aliphatic rings. The SMILES string of the molecule is CSc1cccc(NC(=O)C2CCN(S(=O)(=O)Cc3c(F)cccc3Cl)CC2)c1. The molecule has 3 rings (SSSR count). The van der Waals surface area contributed by atoms with E-state index in [0.717, 1.165) is 10.6 Å². The molecule has 2 aromatic rings. The summed E-state index contributed by atoms with van der Waals surface area (Å²) in [6.45, 7) is 0.439. The second-order valence-electron chi connectivity index (χ2n) is 6.85. The van der Waals surface area contributed by atoms with Crippen LogP contribution in [0.25, 0.3) is 0 Å². The number of rotatable bonds is 6. The highest BCUT2D eigenvalue weighted by molar-refractivity contribution is 7.98. The van der Waals surface area contributed by atoms with Gasteiger partial charge in [-0.05, 0) is 49.4 Å². The van der Waals surface area contributed by atoms with Gasteiger partial charge < -0.3 is 5.32 Å². The summed E-state index contributed by atoms with van der Waals surface area (Å²) in [5.41, 5.74) is 0.703. The summed E-state index contributed by atoms with van der Waals surface area (Å²) in [7, 11) is -3.72. The third kappa shape index (κ3) is 5.51. The number of halogens is 2. The Balaban J connectivity index is 1.60. The average molecular weight is 457 g/mol. The molecule has 0 atom stereocenters. The molecule has 1 N–H and O–H groups in total. The molecule has 0 saturated carbocycles. The maximum atomic E-state index is 14.0. The van der Waals surface area contributed by atoms with E-state index in [-0.39, 0.29) is 35.5 Å². The summed E-state index contributed by atoms with van der Waals surface area (Å²) in [4.78, 5) is 13.6. The van der Waals surface area contributed by atoms with Crippen molar-refractivity contribution in [3.05, 3.63) is 58.9 Å². The summed E-state index contributed by atoms with van der Waals surface area (Å²) in [6, 6.07) is 11.7. The van der Waals surface area contributed by atoms with Crippen LogP contribution in [0.5, 0.6) is 0 Å². The number of sulfonamides is 1. The molecule has 1 heterocycles. The topological polar surface area (TPSA) is 66.5 Å². The largest absolute Gasteiger partial charge is 0.326 e. The average Bonchev–Trinajstić information content (AvgIpc) is 2.71. The number of carbonyl (C=O) groups excluding carboxylic acids is 1. The van der Waals surface area contributed by atoms with Crippen molar-refractivity contribution in [3.8, 4) is 0 Å². The van der Waals surface area contributed by atoms with Crippen LogP contribution in [-0.2, 0) is 20.6 Å². The molecule has 1 amide bonds. The monoisotopic (exact) mass is 456 g/mol. The maximum Gasteiger partial charge on any atom is 0.227 e. The van der Waals surface area contributed by atoms with Crippen molar-refractivity contribution in [3.63, 3.8) is 0 Å². The Morgan fingerprint density at radius 2 is 1.93 bits per heavy atom. The third-order valence-electron chi connectivity index (χ3n) is 4.94. The molecule has 1 saturated heterocycles. The number of amides is 1. The van der Waals surface area contributed by atoms with E-state index in [1.54, 1.807) is 11.8 Å². The summed E-state index contributed by atoms with van der Waals surface area (Å²) in [6.07, 6.45) is 2.79. The second-order valence-corrected chi connectivity index (χ2v) is 10.1. The van der Waals surface area contributed by atoms with Crippen LogP contribution in [0.15, 0.2) is 47.4 Å². The van der Waals surface area contributed by atoms with E-state index in [1.807, 2.05) is 30.5 Å². The van der Waals surface area contributed by atoms with Crippen molar-refractivity contribution >= 4 is 45.0 Å². The fourth-order valence-corrected chi connectivity index (χ4v) is 5.66. The van der Waals surface area contributed by atoms with Crippen molar-refractivity contribution in [2.24, 2.45) is 5.92 Å². The van der Waals surface area contributed by atoms with Crippen molar-refractivity contribution < 1.29 is 17.6 Å². The fraction of sp³-hybridized carbons (Fsp3) is 0.350. The molecule has 156 valence electrons. The molecule has 2 aromatic carbocycles. The number of carbonyl (C=O) groups is 1. The first-order valence-corrected chi connectivity index (χ1v) is 12.4. The number of hydrogen-bond donors (Lipinski definition) is 1. The van der Waals surface area contributed by atoms with E-state index < -0.39 is 21.6 Å². The summed E-state index contributed by atoms with van der Waals surface area (Å²) >= 11 is 7.55. The summed E-state index contributed by atoms with van der Waals surface area (Å²) in [5, 5.41) is 3.00. The predicted octanol–water partition coefficient (Wildman–Crippen LogP) is 4.38. The number of thioether (sulfide) groups is 1. The van der Waals surface area contributed by atoms with Crippen molar-refractivity contribution in [2.75, 3.05) is 24.7 Å². The molecule has 0 spiro atoms. The molecule has 1 aliphatic heterocycles. The first-order valence-electron chi connectivity index (χ1n) is 9.16. The Labute approximate surface area is 179 Å². The maximum absolute atomic E-state index is 14.0. The zero-order valence-electron chi connectivity index (χ0n) is 15.9. The van der Waals surface area contributed by atoms with Crippen molar-refractivity contribution in [1.29, 1.82) is 0 Å². The molecule has 1 fully saturated rings. The molecule has 0 aliphatic carbocycles. The zero-order valence-corrected chi connectivity index (χ0v) is 18.3. The highest BCUT2D eigenvalue weighted by Gasteiger charge is 2.32. The van der Waals surface area contributed by atoms with Gasteiger partial charge in [-0.15, -0.1) is 11.8 Å². The summed E-state index contributed by atoms with van der Waals surface area (Å²) < 4.78 is 40.7. The molecule has 29 heavy (non-hydrogen) atoms. The van der Waals surface area contributed by atoms with Crippen LogP contribution in [0, 0.1) is 11.7 Å². The summed E-state index contributed by atoms with van der Waals surface area (Å²) in [5.74, 6) is -1.51. The Kier molecular flexibility index (Phi) is 7.21. The first-order chi connectivity index (χ1) is 13.8. The van der Waals surface area contributed by atoms with Crippen molar-refractivity contribution in [1.82, 2.24) is 4.31 Å². The van der Waals surface area contributed by atoms with E-state index >= 15 is 0 Å². The Hall–Kier alpha value is -1.61. The Bertz CT molecular complexity index is 973. The van der Waals surface area contributed by atoms with Gasteiger partial charge in [0.2, 0.25) is 15.9 Å². The predicted molar refractivity (Wildman–Crippen MR) is 115 cm³/mol. The minimum Gasteiger partial charge on any atom is -0.326 e. The van der Waals surface area contributed by atoms with Crippen LogP contribution in [0.2, 0.25) is 5.02 Å². The van der Waals surface area contributed by atoms with E-state index in [2.05, 4.69) is 5.32 Å². The lowest BCUT2D eigenvalue weighted by atomic mass is 9.97. The number of nitrogens with one attached hydrogen (secondary N) is 1. The van der Waals surface area contributed by atoms with Gasteiger partial charge in [0.25, 0.3) is 0 Å². The molecule has 5 nitrogen and oxygen atoms in total. The van der Waals surface area contributed by atoms with Crippen LogP contribution in [0.1, 0.15) is 18.4 Å². The Morgan fingerprint density at radius 1 is 1.24 bits per heavy atom. The second kappa shape index (κ2) is 9.47. The van der Waals surface area contributed by atoms with Crippen molar-refractivity contribution in [2.45, 2.75) is 23.5 Å². The van der Waals surface area contributed by atoms with Gasteiger partial charge in [-0.1, -0.05) is 23.7 Å². The first kappa shape index (κ1) is 22.1. The molecule has 9 heteroatoms. The van der Waals surface area contributed by atoms with Gasteiger partial charge >= 0.3 is 0 Å². The molecule has 0 bridgehead atoms. The normalized spacial score (nSPS) is 16.0. The molecule has 0 aromatic heterocycles. The van der Waals surface area contributed by atoms with E-state index in [9.17, 15) is 17.6 Å². The molecule has 0 radical (unpaired) electrons. The van der Waals surface area contributed by atoms with E-state index in [0.29, 0.717) is 12.8 Å². The Morgan fingerprint density at radius 3 is 2.59 bits per heavy atom. The molecular formula is C20H22ClFN2O3S2. The fourth-order valence-electron chi connectivity index (χ4n) is 3.29. The van der Waals surface area contributed by atoms with Crippen LogP contribution in [-0.4, -0.2) is 38.0 Å². The number of hydrogen-bond acceptors (Lipinski definition) is 4. The van der Waals surface area contributed by atoms with Crippen LogP contribution in [0.3, 0.4) is 0 Å². The van der Waals surface area contributed by atoms with Crippen LogP contribution < -0.4 is 5.32 Å². The zero-order chi connectivity index (χ0) is 21.0. The minimum absolute atomic E-state index is 0.0253. The highest BCUT2D eigenvalue weighted by Crippen LogP contribution is 2.27. The molecule has 0 unspecified atom stereocenters. The number of anilines is 1.